The van der Waals surface area contributed by atoms with Gasteiger partial charge in [0, 0.05) is 6.42 Å². The van der Waals surface area contributed by atoms with Crippen LogP contribution in [0.3, 0.4) is 0 Å². The zero-order valence-electron chi connectivity index (χ0n) is 8.91. The van der Waals surface area contributed by atoms with Crippen molar-refractivity contribution in [2.45, 2.75) is 39.0 Å². The van der Waals surface area contributed by atoms with Gasteiger partial charge in [-0.25, -0.2) is 0 Å². The Morgan fingerprint density at radius 3 is 2.86 bits per heavy atom. The minimum atomic E-state index is -0.481. The zero-order chi connectivity index (χ0) is 10.6. The third-order valence-electron chi connectivity index (χ3n) is 2.94. The fraction of sp³-hybridized carbons (Fsp3) is 0.818. The number of carbonyl (C=O) groups is 2. The van der Waals surface area contributed by atoms with Crippen LogP contribution in [0.4, 0.5) is 0 Å². The summed E-state index contributed by atoms with van der Waals surface area (Å²) in [6, 6.07) is 0. The highest BCUT2D eigenvalue weighted by atomic mass is 16.5. The van der Waals surface area contributed by atoms with E-state index in [-0.39, 0.29) is 11.8 Å². The van der Waals surface area contributed by atoms with Crippen molar-refractivity contribution in [3.63, 3.8) is 0 Å². The number of methoxy groups -OCH3 is 1. The van der Waals surface area contributed by atoms with Crippen LogP contribution in [0.5, 0.6) is 0 Å². The van der Waals surface area contributed by atoms with Crippen molar-refractivity contribution < 1.29 is 14.3 Å². The number of ether oxygens (including phenoxy) is 1. The number of hydrogen-bond acceptors (Lipinski definition) is 3. The van der Waals surface area contributed by atoms with Gasteiger partial charge in [-0.1, -0.05) is 19.8 Å². The Morgan fingerprint density at radius 2 is 2.29 bits per heavy atom. The molecule has 1 aliphatic carbocycles. The fourth-order valence-corrected chi connectivity index (χ4v) is 2.14. The third-order valence-corrected chi connectivity index (χ3v) is 2.94. The lowest BCUT2D eigenvalue weighted by Gasteiger charge is -2.25. The highest BCUT2D eigenvalue weighted by molar-refractivity contribution is 5.99. The van der Waals surface area contributed by atoms with Gasteiger partial charge in [-0.15, -0.1) is 0 Å². The van der Waals surface area contributed by atoms with Gasteiger partial charge in [0.05, 0.1) is 7.11 Å². The van der Waals surface area contributed by atoms with Gasteiger partial charge in [-0.2, -0.15) is 0 Å². The topological polar surface area (TPSA) is 43.4 Å². The van der Waals surface area contributed by atoms with E-state index >= 15 is 0 Å². The van der Waals surface area contributed by atoms with Crippen molar-refractivity contribution in [1.29, 1.82) is 0 Å². The number of esters is 1. The quantitative estimate of drug-likeness (QED) is 0.514. The lowest BCUT2D eigenvalue weighted by molar-refractivity contribution is -0.151. The lowest BCUT2D eigenvalue weighted by Crippen LogP contribution is -2.32. The first-order valence-electron chi connectivity index (χ1n) is 5.29. The molecular weight excluding hydrogens is 180 g/mol. The molecule has 1 rings (SSSR count). The summed E-state index contributed by atoms with van der Waals surface area (Å²) in [5.41, 5.74) is 0. The Morgan fingerprint density at radius 1 is 1.57 bits per heavy atom. The fourth-order valence-electron chi connectivity index (χ4n) is 2.14. The van der Waals surface area contributed by atoms with E-state index in [1.807, 2.05) is 0 Å². The van der Waals surface area contributed by atoms with E-state index < -0.39 is 5.92 Å². The normalized spacial score (nSPS) is 27.4. The van der Waals surface area contributed by atoms with Crippen LogP contribution in [0.15, 0.2) is 0 Å². The van der Waals surface area contributed by atoms with Gasteiger partial charge in [0.15, 0.2) is 0 Å². The Labute approximate surface area is 84.8 Å². The van der Waals surface area contributed by atoms with Gasteiger partial charge in [0.2, 0.25) is 0 Å². The van der Waals surface area contributed by atoms with Crippen molar-refractivity contribution in [2.24, 2.45) is 11.8 Å². The molecule has 0 heterocycles. The summed E-state index contributed by atoms with van der Waals surface area (Å²) in [4.78, 5) is 22.7. The minimum absolute atomic E-state index is 0.0594. The Balaban J connectivity index is 2.55. The first kappa shape index (κ1) is 11.2. The maximum atomic E-state index is 11.4. The molecule has 0 bridgehead atoms. The number of hydrogen-bond donors (Lipinski definition) is 0. The lowest BCUT2D eigenvalue weighted by atomic mass is 9.78. The maximum Gasteiger partial charge on any atom is 0.316 e. The van der Waals surface area contributed by atoms with Crippen molar-refractivity contribution in [1.82, 2.24) is 0 Å². The van der Waals surface area contributed by atoms with Crippen LogP contribution in [0, 0.1) is 11.8 Å². The Hall–Kier alpha value is -0.860. The molecule has 0 radical (unpaired) electrons. The average molecular weight is 198 g/mol. The first-order valence-corrected chi connectivity index (χ1v) is 5.29. The zero-order valence-corrected chi connectivity index (χ0v) is 8.91. The molecule has 0 unspecified atom stereocenters. The third kappa shape index (κ3) is 2.56. The van der Waals surface area contributed by atoms with Crippen LogP contribution in [-0.2, 0) is 14.3 Å². The molecule has 0 aliphatic heterocycles. The number of rotatable bonds is 3. The van der Waals surface area contributed by atoms with Gasteiger partial charge in [0.25, 0.3) is 0 Å². The van der Waals surface area contributed by atoms with Gasteiger partial charge >= 0.3 is 5.97 Å². The summed E-state index contributed by atoms with van der Waals surface area (Å²) in [6.45, 7) is 2.13. The van der Waals surface area contributed by atoms with E-state index in [2.05, 4.69) is 11.7 Å². The van der Waals surface area contributed by atoms with Gasteiger partial charge in [-0.05, 0) is 18.8 Å². The predicted octanol–water partition coefficient (Wildman–Crippen LogP) is 1.94. The van der Waals surface area contributed by atoms with Crippen molar-refractivity contribution in [3.05, 3.63) is 0 Å². The van der Waals surface area contributed by atoms with E-state index in [4.69, 9.17) is 0 Å². The van der Waals surface area contributed by atoms with Crippen molar-refractivity contribution >= 4 is 11.8 Å². The average Bonchev–Trinajstić information content (AvgIpc) is 2.20. The molecule has 1 fully saturated rings. The first-order chi connectivity index (χ1) is 6.69. The number of Topliss-reactive ketones (excluding diaryl/α,β-unsaturated/α-hetero) is 1. The van der Waals surface area contributed by atoms with Gasteiger partial charge in [0.1, 0.15) is 11.7 Å². The monoisotopic (exact) mass is 198 g/mol. The number of ketones is 1. The molecule has 0 amide bonds. The Bertz CT molecular complexity index is 215. The van der Waals surface area contributed by atoms with E-state index in [0.29, 0.717) is 18.8 Å². The molecule has 0 aromatic heterocycles. The van der Waals surface area contributed by atoms with Crippen LogP contribution in [-0.4, -0.2) is 18.9 Å². The van der Waals surface area contributed by atoms with Crippen molar-refractivity contribution in [3.8, 4) is 0 Å². The molecule has 0 saturated heterocycles. The molecule has 14 heavy (non-hydrogen) atoms. The minimum Gasteiger partial charge on any atom is -0.468 e. The summed E-state index contributed by atoms with van der Waals surface area (Å²) in [6.07, 6.45) is 4.41. The molecular formula is C11H18O3. The molecule has 80 valence electrons. The molecule has 1 aliphatic rings. The second kappa shape index (κ2) is 5.13. The second-order valence-electron chi connectivity index (χ2n) is 3.97. The summed E-state index contributed by atoms with van der Waals surface area (Å²) >= 11 is 0. The maximum absolute atomic E-state index is 11.4. The standard InChI is InChI=1S/C11H18O3/c1-3-4-8-5-6-10(12)9(7-8)11(13)14-2/h8-9H,3-7H2,1-2H3/t8-,9-/m1/s1. The van der Waals surface area contributed by atoms with Gasteiger partial charge in [-0.3, -0.25) is 9.59 Å². The molecule has 0 aromatic rings. The van der Waals surface area contributed by atoms with Crippen molar-refractivity contribution in [2.75, 3.05) is 7.11 Å². The largest absolute Gasteiger partial charge is 0.468 e. The molecule has 2 atom stereocenters. The molecule has 3 nitrogen and oxygen atoms in total. The molecule has 0 N–H and O–H groups in total. The van der Waals surface area contributed by atoms with E-state index in [0.717, 1.165) is 19.3 Å². The Kier molecular flexibility index (Phi) is 4.11. The van der Waals surface area contributed by atoms with E-state index in [1.165, 1.54) is 7.11 Å². The summed E-state index contributed by atoms with van der Waals surface area (Å²) < 4.78 is 4.63. The van der Waals surface area contributed by atoms with Crippen LogP contribution in [0.1, 0.15) is 39.0 Å². The van der Waals surface area contributed by atoms with Gasteiger partial charge < -0.3 is 4.74 Å². The molecule has 1 saturated carbocycles. The van der Waals surface area contributed by atoms with Crippen LogP contribution in [0.25, 0.3) is 0 Å². The summed E-state index contributed by atoms with van der Waals surface area (Å²) in [5.74, 6) is -0.243. The highest BCUT2D eigenvalue weighted by Gasteiger charge is 2.33. The van der Waals surface area contributed by atoms with Crippen LogP contribution in [0.2, 0.25) is 0 Å². The van der Waals surface area contributed by atoms with E-state index in [1.54, 1.807) is 0 Å². The summed E-state index contributed by atoms with van der Waals surface area (Å²) in [5, 5.41) is 0. The van der Waals surface area contributed by atoms with E-state index in [9.17, 15) is 9.59 Å². The number of carbonyl (C=O) groups excluding carboxylic acids is 2. The highest BCUT2D eigenvalue weighted by Crippen LogP contribution is 2.30. The SMILES string of the molecule is CCC[C@@H]1CCC(=O)[C@H](C(=O)OC)C1. The molecule has 0 aromatic carbocycles. The summed E-state index contributed by atoms with van der Waals surface area (Å²) in [7, 11) is 1.35. The molecule has 3 heteroatoms. The van der Waals surface area contributed by atoms with Crippen LogP contribution < -0.4 is 0 Å². The molecule has 0 spiro atoms. The second-order valence-corrected chi connectivity index (χ2v) is 3.97. The smallest absolute Gasteiger partial charge is 0.316 e. The predicted molar refractivity (Wildman–Crippen MR) is 52.8 cm³/mol. The van der Waals surface area contributed by atoms with Crippen LogP contribution >= 0.6 is 0 Å².